The Morgan fingerprint density at radius 2 is 2.11 bits per heavy atom. The van der Waals surface area contributed by atoms with Gasteiger partial charge in [-0.3, -0.25) is 4.79 Å². The van der Waals surface area contributed by atoms with E-state index in [9.17, 15) is 9.90 Å². The molecule has 1 atom stereocenters. The van der Waals surface area contributed by atoms with Gasteiger partial charge in [0, 0.05) is 13.1 Å². The zero-order chi connectivity index (χ0) is 13.6. The summed E-state index contributed by atoms with van der Waals surface area (Å²) in [5.41, 5.74) is -0.824. The maximum Gasteiger partial charge on any atom is 0.324 e. The molecule has 0 aromatic heterocycles. The number of carboxylic acids is 1. The van der Waals surface area contributed by atoms with Crippen molar-refractivity contribution in [3.8, 4) is 0 Å². The van der Waals surface area contributed by atoms with Crippen molar-refractivity contribution >= 4 is 5.97 Å². The van der Waals surface area contributed by atoms with E-state index in [2.05, 4.69) is 24.1 Å². The van der Waals surface area contributed by atoms with E-state index in [0.29, 0.717) is 6.54 Å². The fourth-order valence-electron chi connectivity index (χ4n) is 2.39. The smallest absolute Gasteiger partial charge is 0.324 e. The molecule has 1 aliphatic rings. The number of hydrogen-bond acceptors (Lipinski definition) is 3. The molecule has 1 rings (SSSR count). The zero-order valence-corrected chi connectivity index (χ0v) is 12.0. The molecule has 0 radical (unpaired) electrons. The van der Waals surface area contributed by atoms with Crippen molar-refractivity contribution in [3.05, 3.63) is 0 Å². The lowest BCUT2D eigenvalue weighted by molar-refractivity contribution is -0.145. The van der Waals surface area contributed by atoms with Crippen molar-refractivity contribution in [1.29, 1.82) is 0 Å². The Morgan fingerprint density at radius 3 is 2.50 bits per heavy atom. The van der Waals surface area contributed by atoms with E-state index >= 15 is 0 Å². The third-order valence-corrected chi connectivity index (χ3v) is 3.97. The van der Waals surface area contributed by atoms with Crippen LogP contribution in [0, 0.1) is 5.92 Å². The molecule has 4 heteroatoms. The van der Waals surface area contributed by atoms with E-state index in [-0.39, 0.29) is 0 Å². The second kappa shape index (κ2) is 7.10. The predicted molar refractivity (Wildman–Crippen MR) is 73.8 cm³/mol. The molecular weight excluding hydrogens is 228 g/mol. The van der Waals surface area contributed by atoms with E-state index < -0.39 is 11.5 Å². The number of nitrogens with zero attached hydrogens (tertiary/aromatic N) is 1. The number of nitrogens with one attached hydrogen (secondary N) is 1. The normalized spacial score (nSPS) is 19.6. The lowest BCUT2D eigenvalue weighted by Gasteiger charge is -2.36. The molecule has 0 heterocycles. The Kier molecular flexibility index (Phi) is 6.09. The average Bonchev–Trinajstić information content (AvgIpc) is 2.29. The topological polar surface area (TPSA) is 52.6 Å². The molecule has 1 saturated carbocycles. The molecule has 18 heavy (non-hydrogen) atoms. The summed E-state index contributed by atoms with van der Waals surface area (Å²) in [5.74, 6) is 0.0391. The summed E-state index contributed by atoms with van der Waals surface area (Å²) in [6, 6.07) is 0. The van der Waals surface area contributed by atoms with Crippen molar-refractivity contribution in [2.24, 2.45) is 5.92 Å². The highest BCUT2D eigenvalue weighted by atomic mass is 16.4. The molecule has 2 N–H and O–H groups in total. The Labute approximate surface area is 111 Å². The van der Waals surface area contributed by atoms with Gasteiger partial charge in [-0.2, -0.15) is 0 Å². The second-order valence-electron chi connectivity index (χ2n) is 5.69. The van der Waals surface area contributed by atoms with Crippen LogP contribution < -0.4 is 5.32 Å². The molecule has 0 aliphatic heterocycles. The van der Waals surface area contributed by atoms with Gasteiger partial charge in [0.2, 0.25) is 0 Å². The molecule has 4 nitrogen and oxygen atoms in total. The van der Waals surface area contributed by atoms with Gasteiger partial charge in [0.15, 0.2) is 0 Å². The highest BCUT2D eigenvalue weighted by Crippen LogP contribution is 2.27. The lowest BCUT2D eigenvalue weighted by atomic mass is 9.85. The van der Waals surface area contributed by atoms with Gasteiger partial charge < -0.3 is 15.3 Å². The third kappa shape index (κ3) is 4.25. The predicted octanol–water partition coefficient (Wildman–Crippen LogP) is 1.95. The molecule has 0 spiro atoms. The van der Waals surface area contributed by atoms with E-state index in [1.807, 2.05) is 0 Å². The van der Waals surface area contributed by atoms with Crippen molar-refractivity contribution in [2.45, 2.75) is 52.0 Å². The average molecular weight is 256 g/mol. The zero-order valence-electron chi connectivity index (χ0n) is 12.0. The maximum absolute atomic E-state index is 11.5. The van der Waals surface area contributed by atoms with Crippen LogP contribution in [-0.2, 0) is 4.79 Å². The Morgan fingerprint density at radius 1 is 1.44 bits per heavy atom. The van der Waals surface area contributed by atoms with Crippen LogP contribution in [0.3, 0.4) is 0 Å². The van der Waals surface area contributed by atoms with Crippen LogP contribution in [0.15, 0.2) is 0 Å². The molecule has 106 valence electrons. The Bertz CT molecular complexity index is 267. The Balaban J connectivity index is 2.52. The summed E-state index contributed by atoms with van der Waals surface area (Å²) in [4.78, 5) is 13.7. The molecule has 0 amide bonds. The first-order valence-electron chi connectivity index (χ1n) is 7.22. The molecule has 0 aromatic carbocycles. The summed E-state index contributed by atoms with van der Waals surface area (Å²) >= 11 is 0. The van der Waals surface area contributed by atoms with E-state index in [0.717, 1.165) is 32.0 Å². The van der Waals surface area contributed by atoms with Crippen molar-refractivity contribution < 1.29 is 9.90 Å². The van der Waals surface area contributed by atoms with Crippen molar-refractivity contribution in [1.82, 2.24) is 10.2 Å². The number of rotatable bonds is 9. The molecule has 0 aromatic rings. The number of likely N-dealkylation sites (N-methyl/N-ethyl adjacent to an activating group) is 1. The van der Waals surface area contributed by atoms with Crippen LogP contribution >= 0.6 is 0 Å². The van der Waals surface area contributed by atoms with Crippen molar-refractivity contribution in [2.75, 3.05) is 26.2 Å². The van der Waals surface area contributed by atoms with Crippen LogP contribution in [0.4, 0.5) is 0 Å². The minimum absolute atomic E-state index is 0.593. The summed E-state index contributed by atoms with van der Waals surface area (Å²) in [5, 5.41) is 12.6. The summed E-state index contributed by atoms with van der Waals surface area (Å²) < 4.78 is 0. The van der Waals surface area contributed by atoms with E-state index in [1.165, 1.54) is 19.3 Å². The highest BCUT2D eigenvalue weighted by Gasteiger charge is 2.35. The van der Waals surface area contributed by atoms with Gasteiger partial charge in [0.05, 0.1) is 0 Å². The fourth-order valence-corrected chi connectivity index (χ4v) is 2.39. The molecule has 1 aliphatic carbocycles. The van der Waals surface area contributed by atoms with Crippen LogP contribution in [0.25, 0.3) is 0 Å². The van der Waals surface area contributed by atoms with Gasteiger partial charge in [0.1, 0.15) is 5.54 Å². The highest BCUT2D eigenvalue weighted by molar-refractivity contribution is 5.78. The van der Waals surface area contributed by atoms with Crippen LogP contribution in [-0.4, -0.2) is 47.7 Å². The van der Waals surface area contributed by atoms with E-state index in [1.54, 1.807) is 6.92 Å². The van der Waals surface area contributed by atoms with Crippen LogP contribution in [0.5, 0.6) is 0 Å². The summed E-state index contributed by atoms with van der Waals surface area (Å²) in [6.07, 6.45) is 4.91. The molecule has 1 fully saturated rings. The minimum atomic E-state index is -0.824. The third-order valence-electron chi connectivity index (χ3n) is 3.97. The van der Waals surface area contributed by atoms with Crippen molar-refractivity contribution in [3.63, 3.8) is 0 Å². The number of carbonyl (C=O) groups is 1. The first kappa shape index (κ1) is 15.4. The summed E-state index contributed by atoms with van der Waals surface area (Å²) in [6.45, 7) is 9.29. The van der Waals surface area contributed by atoms with Gasteiger partial charge >= 0.3 is 5.97 Å². The van der Waals surface area contributed by atoms with Crippen LogP contribution in [0.2, 0.25) is 0 Å². The monoisotopic (exact) mass is 256 g/mol. The van der Waals surface area contributed by atoms with Gasteiger partial charge in [-0.25, -0.2) is 0 Å². The standard InChI is InChI=1S/C14H28N2O2/c1-4-9-15-14(3,13(17)18)11-16(5-2)10-12-7-6-8-12/h12,15H,4-11H2,1-3H3,(H,17,18). The van der Waals surface area contributed by atoms with Gasteiger partial charge in [0.25, 0.3) is 0 Å². The van der Waals surface area contributed by atoms with Gasteiger partial charge in [-0.15, -0.1) is 0 Å². The first-order chi connectivity index (χ1) is 8.51. The Hall–Kier alpha value is -0.610. The molecule has 1 unspecified atom stereocenters. The fraction of sp³-hybridized carbons (Fsp3) is 0.929. The van der Waals surface area contributed by atoms with Crippen LogP contribution in [0.1, 0.15) is 46.5 Å². The van der Waals surface area contributed by atoms with E-state index in [4.69, 9.17) is 0 Å². The largest absolute Gasteiger partial charge is 0.480 e. The number of hydrogen-bond donors (Lipinski definition) is 2. The number of carboxylic acid groups (broad SMARTS) is 1. The maximum atomic E-state index is 11.5. The second-order valence-corrected chi connectivity index (χ2v) is 5.69. The molecule has 0 saturated heterocycles. The first-order valence-corrected chi connectivity index (χ1v) is 7.22. The minimum Gasteiger partial charge on any atom is -0.480 e. The SMILES string of the molecule is CCCNC(C)(CN(CC)CC1CCC1)C(=O)O. The van der Waals surface area contributed by atoms with Gasteiger partial charge in [-0.1, -0.05) is 20.3 Å². The number of aliphatic carboxylic acids is 1. The molecular formula is C14H28N2O2. The quantitative estimate of drug-likeness (QED) is 0.662. The molecule has 0 bridgehead atoms. The lowest BCUT2D eigenvalue weighted by Crippen LogP contribution is -2.57. The summed E-state index contributed by atoms with van der Waals surface area (Å²) in [7, 11) is 0. The van der Waals surface area contributed by atoms with Gasteiger partial charge in [-0.05, 0) is 45.2 Å².